The second-order valence-corrected chi connectivity index (χ2v) is 7.66. The van der Waals surface area contributed by atoms with Crippen molar-refractivity contribution in [2.75, 3.05) is 6.54 Å². The lowest BCUT2D eigenvalue weighted by molar-refractivity contribution is -0.124. The van der Waals surface area contributed by atoms with Crippen molar-refractivity contribution < 1.29 is 14.3 Å². The zero-order chi connectivity index (χ0) is 22.2. The van der Waals surface area contributed by atoms with Gasteiger partial charge in [0.1, 0.15) is 18.5 Å². The Morgan fingerprint density at radius 2 is 1.81 bits per heavy atom. The molecule has 2 N–H and O–H groups in total. The van der Waals surface area contributed by atoms with E-state index in [0.29, 0.717) is 13.1 Å². The van der Waals surface area contributed by atoms with Crippen molar-refractivity contribution in [3.8, 4) is 0 Å². The molecule has 0 unspecified atom stereocenters. The first-order valence-corrected chi connectivity index (χ1v) is 10.7. The molecule has 2 amide bonds. The third-order valence-corrected chi connectivity index (χ3v) is 5.46. The van der Waals surface area contributed by atoms with E-state index >= 15 is 0 Å². The zero-order valence-corrected chi connectivity index (χ0v) is 18.3. The molecule has 0 bridgehead atoms. The second kappa shape index (κ2) is 10.6. The number of amides is 2. The summed E-state index contributed by atoms with van der Waals surface area (Å²) in [6.45, 7) is 7.08. The van der Waals surface area contributed by atoms with Gasteiger partial charge >= 0.3 is 6.09 Å². The SMILES string of the molecule is CC[C@H](C)[C@H](NC(=O)OCc1ccccc1)C(=O)NCCn1c(C)nc2ccccc21. The van der Waals surface area contributed by atoms with E-state index in [-0.39, 0.29) is 18.4 Å². The molecule has 0 aliphatic heterocycles. The smallest absolute Gasteiger partial charge is 0.408 e. The molecule has 3 rings (SSSR count). The number of hydrogen-bond donors (Lipinski definition) is 2. The summed E-state index contributed by atoms with van der Waals surface area (Å²) in [5.74, 6) is 0.657. The molecule has 3 aromatic rings. The molecule has 0 saturated heterocycles. The van der Waals surface area contributed by atoms with Gasteiger partial charge < -0.3 is 19.9 Å². The Balaban J connectivity index is 1.55. The maximum absolute atomic E-state index is 12.8. The molecule has 0 aliphatic rings. The number of nitrogens with zero attached hydrogens (tertiary/aromatic N) is 2. The molecule has 164 valence electrons. The third-order valence-electron chi connectivity index (χ3n) is 5.46. The molecule has 2 aromatic carbocycles. The average Bonchev–Trinajstić information content (AvgIpc) is 3.11. The quantitative estimate of drug-likeness (QED) is 0.549. The minimum atomic E-state index is -0.658. The van der Waals surface area contributed by atoms with Crippen molar-refractivity contribution in [3.05, 3.63) is 66.0 Å². The molecule has 0 fully saturated rings. The van der Waals surface area contributed by atoms with Crippen LogP contribution in [0.15, 0.2) is 54.6 Å². The van der Waals surface area contributed by atoms with Gasteiger partial charge in [-0.1, -0.05) is 62.7 Å². The van der Waals surface area contributed by atoms with Gasteiger partial charge in [-0.3, -0.25) is 4.79 Å². The highest BCUT2D eigenvalue weighted by Gasteiger charge is 2.26. The Labute approximate surface area is 182 Å². The minimum Gasteiger partial charge on any atom is -0.445 e. The minimum absolute atomic E-state index is 0.0277. The highest BCUT2D eigenvalue weighted by atomic mass is 16.5. The lowest BCUT2D eigenvalue weighted by atomic mass is 9.98. The molecule has 2 atom stereocenters. The van der Waals surface area contributed by atoms with Gasteiger partial charge in [-0.05, 0) is 30.5 Å². The van der Waals surface area contributed by atoms with Gasteiger partial charge in [0, 0.05) is 13.1 Å². The molecule has 0 spiro atoms. The number of carbonyl (C=O) groups is 2. The first-order valence-electron chi connectivity index (χ1n) is 10.7. The van der Waals surface area contributed by atoms with Crippen LogP contribution in [0.25, 0.3) is 11.0 Å². The van der Waals surface area contributed by atoms with Gasteiger partial charge in [-0.25, -0.2) is 9.78 Å². The third kappa shape index (κ3) is 5.84. The Hall–Kier alpha value is -3.35. The van der Waals surface area contributed by atoms with Crippen molar-refractivity contribution in [1.82, 2.24) is 20.2 Å². The Kier molecular flexibility index (Phi) is 7.65. The molecule has 1 heterocycles. The van der Waals surface area contributed by atoms with Crippen LogP contribution >= 0.6 is 0 Å². The van der Waals surface area contributed by atoms with Gasteiger partial charge in [-0.2, -0.15) is 0 Å². The summed E-state index contributed by atoms with van der Waals surface area (Å²) in [6.07, 6.45) is 0.156. The summed E-state index contributed by atoms with van der Waals surface area (Å²) >= 11 is 0. The van der Waals surface area contributed by atoms with E-state index in [1.807, 2.05) is 75.4 Å². The first-order chi connectivity index (χ1) is 15.0. The highest BCUT2D eigenvalue weighted by Crippen LogP contribution is 2.15. The Bertz CT molecular complexity index is 1020. The molecular formula is C24H30N4O3. The van der Waals surface area contributed by atoms with E-state index in [1.165, 1.54) is 0 Å². The van der Waals surface area contributed by atoms with Crippen molar-refractivity contribution in [2.45, 2.75) is 46.4 Å². The van der Waals surface area contributed by atoms with Crippen LogP contribution in [0.1, 0.15) is 31.7 Å². The number of rotatable bonds is 9. The first kappa shape index (κ1) is 22.3. The van der Waals surface area contributed by atoms with Crippen molar-refractivity contribution in [3.63, 3.8) is 0 Å². The fraction of sp³-hybridized carbons (Fsp3) is 0.375. The molecule has 0 aliphatic carbocycles. The molecule has 7 nitrogen and oxygen atoms in total. The summed E-state index contributed by atoms with van der Waals surface area (Å²) in [7, 11) is 0. The van der Waals surface area contributed by atoms with Crippen LogP contribution < -0.4 is 10.6 Å². The van der Waals surface area contributed by atoms with Gasteiger partial charge in [0.05, 0.1) is 11.0 Å². The van der Waals surface area contributed by atoms with Crippen LogP contribution in [0.4, 0.5) is 4.79 Å². The normalized spacial score (nSPS) is 12.9. The van der Waals surface area contributed by atoms with Crippen LogP contribution in [0.2, 0.25) is 0 Å². The Morgan fingerprint density at radius 3 is 2.55 bits per heavy atom. The summed E-state index contributed by atoms with van der Waals surface area (Å²) in [4.78, 5) is 29.7. The van der Waals surface area contributed by atoms with Crippen LogP contribution in [0.5, 0.6) is 0 Å². The van der Waals surface area contributed by atoms with Gasteiger partial charge in [0.2, 0.25) is 5.91 Å². The van der Waals surface area contributed by atoms with Gasteiger partial charge in [0.25, 0.3) is 0 Å². The number of imidazole rings is 1. The number of fused-ring (bicyclic) bond motifs is 1. The van der Waals surface area contributed by atoms with Crippen molar-refractivity contribution >= 4 is 23.0 Å². The molecule has 31 heavy (non-hydrogen) atoms. The monoisotopic (exact) mass is 422 g/mol. The number of hydrogen-bond acceptors (Lipinski definition) is 4. The van der Waals surface area contributed by atoms with E-state index < -0.39 is 12.1 Å². The molecule has 7 heteroatoms. The Morgan fingerprint density at radius 1 is 1.10 bits per heavy atom. The van der Waals surface area contributed by atoms with Gasteiger partial charge in [-0.15, -0.1) is 0 Å². The van der Waals surface area contributed by atoms with Crippen LogP contribution in [0.3, 0.4) is 0 Å². The maximum Gasteiger partial charge on any atom is 0.408 e. The molecule has 0 saturated carbocycles. The van der Waals surface area contributed by atoms with E-state index in [1.54, 1.807) is 0 Å². The number of ether oxygens (including phenoxy) is 1. The van der Waals surface area contributed by atoms with E-state index in [9.17, 15) is 9.59 Å². The average molecular weight is 423 g/mol. The number of alkyl carbamates (subject to hydrolysis) is 1. The lowest BCUT2D eigenvalue weighted by Crippen LogP contribution is -2.50. The number of carbonyl (C=O) groups excluding carboxylic acids is 2. The summed E-state index contributed by atoms with van der Waals surface area (Å²) in [6, 6.07) is 16.7. The zero-order valence-electron chi connectivity index (χ0n) is 18.3. The maximum atomic E-state index is 12.8. The van der Waals surface area contributed by atoms with Gasteiger partial charge in [0.15, 0.2) is 0 Å². The standard InChI is InChI=1S/C24H30N4O3/c1-4-17(2)22(27-24(30)31-16-19-10-6-5-7-11-19)23(29)25-14-15-28-18(3)26-20-12-8-9-13-21(20)28/h5-13,17,22H,4,14-16H2,1-3H3,(H,25,29)(H,27,30)/t17-,22-/m0/s1. The second-order valence-electron chi connectivity index (χ2n) is 7.66. The fourth-order valence-corrected chi connectivity index (χ4v) is 3.47. The fourth-order valence-electron chi connectivity index (χ4n) is 3.47. The number of benzene rings is 2. The van der Waals surface area contributed by atoms with E-state index in [0.717, 1.165) is 28.8 Å². The molecule has 0 radical (unpaired) electrons. The van der Waals surface area contributed by atoms with Crippen LogP contribution in [0, 0.1) is 12.8 Å². The number of aryl methyl sites for hydroxylation is 1. The predicted octanol–water partition coefficient (Wildman–Crippen LogP) is 3.80. The summed E-state index contributed by atoms with van der Waals surface area (Å²) in [5, 5.41) is 5.68. The largest absolute Gasteiger partial charge is 0.445 e. The highest BCUT2D eigenvalue weighted by molar-refractivity contribution is 5.86. The van der Waals surface area contributed by atoms with E-state index in [4.69, 9.17) is 4.74 Å². The number of aromatic nitrogens is 2. The summed E-state index contributed by atoms with van der Waals surface area (Å²) in [5.41, 5.74) is 2.87. The summed E-state index contributed by atoms with van der Waals surface area (Å²) < 4.78 is 7.37. The van der Waals surface area contributed by atoms with Crippen LogP contribution in [-0.4, -0.2) is 34.1 Å². The number of para-hydroxylation sites is 2. The number of nitrogens with one attached hydrogen (secondary N) is 2. The van der Waals surface area contributed by atoms with Crippen molar-refractivity contribution in [2.24, 2.45) is 5.92 Å². The molecular weight excluding hydrogens is 392 g/mol. The topological polar surface area (TPSA) is 85.2 Å². The van der Waals surface area contributed by atoms with Crippen LogP contribution in [-0.2, 0) is 22.7 Å². The predicted molar refractivity (Wildman–Crippen MR) is 120 cm³/mol. The van der Waals surface area contributed by atoms with Crippen molar-refractivity contribution in [1.29, 1.82) is 0 Å². The molecule has 1 aromatic heterocycles. The van der Waals surface area contributed by atoms with E-state index in [2.05, 4.69) is 20.2 Å². The lowest BCUT2D eigenvalue weighted by Gasteiger charge is -2.23.